The minimum Gasteiger partial charge on any atom is -0.327 e. The smallest absolute Gasteiger partial charge is 0.228 e. The van der Waals surface area contributed by atoms with E-state index < -0.39 is 0 Å². The van der Waals surface area contributed by atoms with Gasteiger partial charge in [-0.15, -0.1) is 0 Å². The molecule has 2 bridgehead atoms. The lowest BCUT2D eigenvalue weighted by molar-refractivity contribution is -0.122. The van der Waals surface area contributed by atoms with Crippen LogP contribution in [0.3, 0.4) is 0 Å². The molecule has 29 heavy (non-hydrogen) atoms. The van der Waals surface area contributed by atoms with Crippen molar-refractivity contribution in [3.8, 4) is 0 Å². The lowest BCUT2D eigenvalue weighted by Crippen LogP contribution is -2.48. The fraction of sp³-hybridized carbons (Fsp3) is 0.583. The molecule has 1 aromatic carbocycles. The second-order valence-corrected chi connectivity index (χ2v) is 9.41. The number of aromatic nitrogens is 2. The summed E-state index contributed by atoms with van der Waals surface area (Å²) in [6, 6.07) is 9.14. The molecular weight excluding hydrogens is 360 g/mol. The molecule has 0 aliphatic heterocycles. The van der Waals surface area contributed by atoms with E-state index in [-0.39, 0.29) is 17.9 Å². The summed E-state index contributed by atoms with van der Waals surface area (Å²) in [4.78, 5) is 13.2. The molecule has 3 N–H and O–H groups in total. The number of anilines is 1. The maximum absolute atomic E-state index is 13.2. The number of aryl methyl sites for hydroxylation is 2. The third-order valence-electron chi connectivity index (χ3n) is 7.64. The van der Waals surface area contributed by atoms with Crippen molar-refractivity contribution >= 4 is 11.7 Å². The van der Waals surface area contributed by atoms with Crippen LogP contribution in [0.1, 0.15) is 67.7 Å². The second-order valence-electron chi connectivity index (χ2n) is 9.41. The number of carbonyl (C=O) groups is 1. The molecule has 3 aliphatic carbocycles. The highest BCUT2D eigenvalue weighted by Gasteiger charge is 2.40. The summed E-state index contributed by atoms with van der Waals surface area (Å²) in [5.41, 5.74) is 10.2. The van der Waals surface area contributed by atoms with E-state index in [0.717, 1.165) is 43.5 Å². The molecule has 5 heteroatoms. The average molecular weight is 393 g/mol. The number of nitrogens with zero attached hydrogens (tertiary/aromatic N) is 2. The Morgan fingerprint density at radius 3 is 2.69 bits per heavy atom. The van der Waals surface area contributed by atoms with E-state index in [1.54, 1.807) is 0 Å². The van der Waals surface area contributed by atoms with Crippen LogP contribution in [0.4, 0.5) is 5.82 Å². The number of amides is 1. The van der Waals surface area contributed by atoms with Crippen LogP contribution in [0.5, 0.6) is 0 Å². The van der Waals surface area contributed by atoms with Gasteiger partial charge in [-0.05, 0) is 74.8 Å². The Bertz CT molecular complexity index is 890. The van der Waals surface area contributed by atoms with Gasteiger partial charge in [-0.25, -0.2) is 4.68 Å². The van der Waals surface area contributed by atoms with Gasteiger partial charge in [0.1, 0.15) is 5.82 Å². The molecule has 154 valence electrons. The number of fused-ring (bicyclic) bond motifs is 3. The molecule has 3 aliphatic rings. The lowest BCUT2D eigenvalue weighted by atomic mass is 9.65. The van der Waals surface area contributed by atoms with Crippen LogP contribution >= 0.6 is 0 Å². The quantitative estimate of drug-likeness (QED) is 0.822. The van der Waals surface area contributed by atoms with E-state index in [1.807, 2.05) is 13.1 Å². The van der Waals surface area contributed by atoms with E-state index >= 15 is 0 Å². The molecule has 1 heterocycles. The molecule has 0 saturated heterocycles. The van der Waals surface area contributed by atoms with Crippen LogP contribution in [0.2, 0.25) is 0 Å². The van der Waals surface area contributed by atoms with Gasteiger partial charge in [0, 0.05) is 17.5 Å². The lowest BCUT2D eigenvalue weighted by Gasteiger charge is -2.43. The highest BCUT2D eigenvalue weighted by Crippen LogP contribution is 2.42. The number of hydrogen-bond acceptors (Lipinski definition) is 3. The molecular formula is C24H32N4O. The first-order valence-electron chi connectivity index (χ1n) is 11.3. The van der Waals surface area contributed by atoms with Crippen LogP contribution in [-0.2, 0) is 11.2 Å². The van der Waals surface area contributed by atoms with Gasteiger partial charge in [0.2, 0.25) is 5.91 Å². The summed E-state index contributed by atoms with van der Waals surface area (Å²) >= 11 is 0. The number of carbonyl (C=O) groups excluding carboxylic acids is 1. The maximum Gasteiger partial charge on any atom is 0.228 e. The molecule has 5 nitrogen and oxygen atoms in total. The minimum absolute atomic E-state index is 0.0755. The molecule has 5 rings (SSSR count). The van der Waals surface area contributed by atoms with Gasteiger partial charge >= 0.3 is 0 Å². The van der Waals surface area contributed by atoms with Gasteiger partial charge in [0.25, 0.3) is 0 Å². The predicted molar refractivity (Wildman–Crippen MR) is 115 cm³/mol. The molecule has 2 fully saturated rings. The average Bonchev–Trinajstić information content (AvgIpc) is 3.07. The van der Waals surface area contributed by atoms with Gasteiger partial charge in [0.15, 0.2) is 0 Å². The Kier molecular flexibility index (Phi) is 4.94. The second kappa shape index (κ2) is 7.60. The Hall–Kier alpha value is -2.14. The summed E-state index contributed by atoms with van der Waals surface area (Å²) in [7, 11) is 0. The molecule has 2 saturated carbocycles. The molecule has 0 radical (unpaired) electrons. The van der Waals surface area contributed by atoms with Gasteiger partial charge < -0.3 is 11.1 Å². The topological polar surface area (TPSA) is 72.9 Å². The van der Waals surface area contributed by atoms with E-state index in [2.05, 4.69) is 39.4 Å². The normalized spacial score (nSPS) is 31.2. The van der Waals surface area contributed by atoms with Crippen LogP contribution in [0.15, 0.2) is 30.5 Å². The molecule has 3 unspecified atom stereocenters. The minimum atomic E-state index is 0.0755. The van der Waals surface area contributed by atoms with Gasteiger partial charge in [0.05, 0.1) is 12.2 Å². The summed E-state index contributed by atoms with van der Waals surface area (Å²) in [6.07, 6.45) is 10.7. The molecule has 1 aromatic heterocycles. The third-order valence-corrected chi connectivity index (χ3v) is 7.64. The van der Waals surface area contributed by atoms with Gasteiger partial charge in [-0.1, -0.05) is 30.7 Å². The van der Waals surface area contributed by atoms with Crippen LogP contribution in [-0.4, -0.2) is 21.7 Å². The number of benzene rings is 1. The Morgan fingerprint density at radius 2 is 1.90 bits per heavy atom. The Labute approximate surface area is 173 Å². The Balaban J connectivity index is 1.38. The van der Waals surface area contributed by atoms with Gasteiger partial charge in [-0.2, -0.15) is 5.10 Å². The van der Waals surface area contributed by atoms with Crippen molar-refractivity contribution in [2.45, 2.75) is 70.4 Å². The number of rotatable bonds is 3. The van der Waals surface area contributed by atoms with Crippen molar-refractivity contribution in [1.82, 2.24) is 9.78 Å². The first-order chi connectivity index (χ1) is 14.1. The zero-order valence-electron chi connectivity index (χ0n) is 17.3. The molecule has 1 amide bonds. The zero-order valence-corrected chi connectivity index (χ0v) is 17.3. The fourth-order valence-corrected chi connectivity index (χ4v) is 6.04. The fourth-order valence-electron chi connectivity index (χ4n) is 6.04. The van der Waals surface area contributed by atoms with Crippen molar-refractivity contribution in [2.24, 2.45) is 23.5 Å². The van der Waals surface area contributed by atoms with Crippen LogP contribution in [0, 0.1) is 24.7 Å². The highest BCUT2D eigenvalue weighted by atomic mass is 16.2. The zero-order chi connectivity index (χ0) is 20.0. The maximum atomic E-state index is 13.2. The van der Waals surface area contributed by atoms with Crippen molar-refractivity contribution in [1.29, 1.82) is 0 Å². The molecule has 2 aromatic rings. The monoisotopic (exact) mass is 392 g/mol. The van der Waals surface area contributed by atoms with Crippen molar-refractivity contribution in [3.63, 3.8) is 0 Å². The SMILES string of the molecule is Cc1cnn(C2CCCc3ccccc32)c1NC(=O)C1CC2CCCC(C1)C2N. The highest BCUT2D eigenvalue weighted by molar-refractivity contribution is 5.92. The number of nitrogens with two attached hydrogens (primary N) is 1. The summed E-state index contributed by atoms with van der Waals surface area (Å²) < 4.78 is 2.06. The number of hydrogen-bond donors (Lipinski definition) is 2. The van der Waals surface area contributed by atoms with Crippen LogP contribution in [0.25, 0.3) is 0 Å². The van der Waals surface area contributed by atoms with Crippen LogP contribution < -0.4 is 11.1 Å². The molecule has 3 atom stereocenters. The van der Waals surface area contributed by atoms with E-state index in [4.69, 9.17) is 5.73 Å². The van der Waals surface area contributed by atoms with E-state index in [0.29, 0.717) is 17.9 Å². The van der Waals surface area contributed by atoms with Crippen molar-refractivity contribution in [3.05, 3.63) is 47.2 Å². The third kappa shape index (κ3) is 3.39. The van der Waals surface area contributed by atoms with E-state index in [1.165, 1.54) is 30.4 Å². The van der Waals surface area contributed by atoms with E-state index in [9.17, 15) is 4.79 Å². The van der Waals surface area contributed by atoms with Crippen molar-refractivity contribution in [2.75, 3.05) is 5.32 Å². The summed E-state index contributed by atoms with van der Waals surface area (Å²) in [5.74, 6) is 2.12. The standard InChI is InChI=1S/C24H32N4O/c1-15-14-26-28(21-11-5-7-16-6-2-3-10-20(16)21)23(15)27-24(29)19-12-17-8-4-9-18(13-19)22(17)25/h2-3,6,10,14,17-19,21-22H,4-5,7-9,11-13,25H2,1H3,(H,27,29). The predicted octanol–water partition coefficient (Wildman–Crippen LogP) is 4.21. The Morgan fingerprint density at radius 1 is 1.14 bits per heavy atom. The summed E-state index contributed by atoms with van der Waals surface area (Å²) in [6.45, 7) is 2.04. The number of nitrogens with one attached hydrogen (secondary N) is 1. The van der Waals surface area contributed by atoms with Crippen molar-refractivity contribution < 1.29 is 4.79 Å². The summed E-state index contributed by atoms with van der Waals surface area (Å²) in [5, 5.41) is 7.97. The first kappa shape index (κ1) is 18.9. The molecule has 0 spiro atoms. The van der Waals surface area contributed by atoms with Gasteiger partial charge in [-0.3, -0.25) is 4.79 Å². The first-order valence-corrected chi connectivity index (χ1v) is 11.3. The largest absolute Gasteiger partial charge is 0.327 e.